The molecule has 0 aliphatic carbocycles. The molecule has 0 bridgehead atoms. The number of ether oxygens (including phenoxy) is 3. The summed E-state index contributed by atoms with van der Waals surface area (Å²) in [6, 6.07) is 0. The van der Waals surface area contributed by atoms with Crippen molar-refractivity contribution in [2.45, 2.75) is 258 Å². The van der Waals surface area contributed by atoms with Crippen LogP contribution in [0.5, 0.6) is 0 Å². The summed E-state index contributed by atoms with van der Waals surface area (Å²) >= 11 is 0. The van der Waals surface area contributed by atoms with E-state index in [4.69, 9.17) is 14.2 Å². The van der Waals surface area contributed by atoms with Crippen molar-refractivity contribution in [3.63, 3.8) is 0 Å². The monoisotopic (exact) mass is 853 g/mol. The lowest BCUT2D eigenvalue weighted by molar-refractivity contribution is -0.166. The molecule has 0 fully saturated rings. The van der Waals surface area contributed by atoms with Crippen LogP contribution in [0, 0.1) is 0 Å². The van der Waals surface area contributed by atoms with Gasteiger partial charge in [-0.15, -0.1) is 0 Å². The molecule has 0 spiro atoms. The molecule has 1 atom stereocenters. The fourth-order valence-corrected chi connectivity index (χ4v) is 7.07. The van der Waals surface area contributed by atoms with Crippen LogP contribution >= 0.6 is 0 Å². The minimum absolute atomic E-state index is 0.116. The standard InChI is InChI=1S/C55H96O6/c1-4-7-10-13-16-19-22-25-26-27-28-31-33-36-39-42-45-48-54(57)60-51-52(61-55(58)49-46-43-40-37-34-30-24-21-18-15-12-9-6-3)50-59-53(56)47-44-41-38-35-32-29-23-20-17-14-11-8-5-2/h25-26,29-30,32,34,38,40-41,43,52H,4-24,27-28,31,33,35-37,39,42,44-51H2,1-3H3/b26-25-,32-29-,34-30-,41-38-,43-40-. The van der Waals surface area contributed by atoms with Crippen LogP contribution in [0.4, 0.5) is 0 Å². The van der Waals surface area contributed by atoms with Crippen molar-refractivity contribution >= 4 is 17.9 Å². The number of hydrogen-bond donors (Lipinski definition) is 0. The van der Waals surface area contributed by atoms with Gasteiger partial charge in [-0.1, -0.05) is 210 Å². The quantitative estimate of drug-likeness (QED) is 0.0263. The minimum atomic E-state index is -0.827. The van der Waals surface area contributed by atoms with E-state index in [9.17, 15) is 14.4 Å². The molecule has 0 aromatic carbocycles. The minimum Gasteiger partial charge on any atom is -0.462 e. The van der Waals surface area contributed by atoms with Crippen LogP contribution < -0.4 is 0 Å². The van der Waals surface area contributed by atoms with Crippen LogP contribution in [0.1, 0.15) is 252 Å². The third kappa shape index (κ3) is 48.0. The van der Waals surface area contributed by atoms with E-state index in [-0.39, 0.29) is 38.0 Å². The number of hydrogen-bond acceptors (Lipinski definition) is 6. The van der Waals surface area contributed by atoms with Gasteiger partial charge in [0.25, 0.3) is 0 Å². The number of carbonyl (C=O) groups is 3. The van der Waals surface area contributed by atoms with E-state index in [2.05, 4.69) is 69.4 Å². The molecule has 0 aromatic rings. The SMILES string of the molecule is CCCCCCCC/C=C\C/C=C\CCC(=O)OCC(COC(=O)CCCCCCCCC/C=C\CCCCCCCC)OC(=O)CC/C=C\C/C=C\CCCCCCCC. The fourth-order valence-electron chi connectivity index (χ4n) is 7.07. The number of rotatable bonds is 46. The lowest BCUT2D eigenvalue weighted by atomic mass is 10.1. The van der Waals surface area contributed by atoms with Crippen LogP contribution in [0.25, 0.3) is 0 Å². The van der Waals surface area contributed by atoms with E-state index in [1.54, 1.807) is 0 Å². The van der Waals surface area contributed by atoms with Gasteiger partial charge in [0.1, 0.15) is 13.2 Å². The Balaban J connectivity index is 4.48. The second kappa shape index (κ2) is 49.8. The largest absolute Gasteiger partial charge is 0.462 e. The molecule has 352 valence electrons. The first kappa shape index (κ1) is 58.1. The normalized spacial score (nSPS) is 12.5. The summed E-state index contributed by atoms with van der Waals surface area (Å²) < 4.78 is 16.7. The average Bonchev–Trinajstić information content (AvgIpc) is 3.26. The third-order valence-electron chi connectivity index (χ3n) is 11.0. The Morgan fingerprint density at radius 2 is 0.623 bits per heavy atom. The van der Waals surface area contributed by atoms with Gasteiger partial charge in [0.05, 0.1) is 0 Å². The fraction of sp³-hybridized carbons (Fsp3) is 0.764. The van der Waals surface area contributed by atoms with Gasteiger partial charge in [-0.2, -0.15) is 0 Å². The zero-order chi connectivity index (χ0) is 44.4. The van der Waals surface area contributed by atoms with E-state index in [1.165, 1.54) is 154 Å². The number of unbranched alkanes of at least 4 members (excludes halogenated alkanes) is 25. The van der Waals surface area contributed by atoms with Crippen molar-refractivity contribution in [1.82, 2.24) is 0 Å². The van der Waals surface area contributed by atoms with Crippen LogP contribution in [-0.4, -0.2) is 37.2 Å². The Kier molecular flexibility index (Phi) is 47.4. The van der Waals surface area contributed by atoms with Gasteiger partial charge in [0.15, 0.2) is 6.10 Å². The van der Waals surface area contributed by atoms with Crippen molar-refractivity contribution in [1.29, 1.82) is 0 Å². The maximum absolute atomic E-state index is 12.7. The zero-order valence-corrected chi connectivity index (χ0v) is 40.2. The third-order valence-corrected chi connectivity index (χ3v) is 11.0. The zero-order valence-electron chi connectivity index (χ0n) is 40.2. The molecule has 6 nitrogen and oxygen atoms in total. The Morgan fingerprint density at radius 3 is 1.02 bits per heavy atom. The van der Waals surface area contributed by atoms with Gasteiger partial charge < -0.3 is 14.2 Å². The Morgan fingerprint density at radius 1 is 0.328 bits per heavy atom. The van der Waals surface area contributed by atoms with Crippen LogP contribution in [0.2, 0.25) is 0 Å². The number of allylic oxidation sites excluding steroid dienone is 10. The molecule has 0 rings (SSSR count). The Hall–Kier alpha value is -2.89. The number of esters is 3. The molecule has 0 saturated heterocycles. The summed E-state index contributed by atoms with van der Waals surface area (Å²) in [7, 11) is 0. The van der Waals surface area contributed by atoms with Crippen LogP contribution in [0.15, 0.2) is 60.8 Å². The molecule has 0 radical (unpaired) electrons. The maximum atomic E-state index is 12.7. The molecule has 0 aliphatic heterocycles. The molecule has 6 heteroatoms. The summed E-state index contributed by atoms with van der Waals surface area (Å²) in [4.78, 5) is 37.8. The van der Waals surface area contributed by atoms with Gasteiger partial charge in [0, 0.05) is 19.3 Å². The molecule has 0 aromatic heterocycles. The van der Waals surface area contributed by atoms with Crippen LogP contribution in [-0.2, 0) is 28.6 Å². The molecule has 0 amide bonds. The first-order valence-corrected chi connectivity index (χ1v) is 25.8. The molecule has 0 N–H and O–H groups in total. The first-order valence-electron chi connectivity index (χ1n) is 25.8. The second-order valence-corrected chi connectivity index (χ2v) is 17.1. The average molecular weight is 853 g/mol. The van der Waals surface area contributed by atoms with E-state index in [0.717, 1.165) is 44.9 Å². The van der Waals surface area contributed by atoms with Gasteiger partial charge in [0.2, 0.25) is 0 Å². The predicted octanol–water partition coefficient (Wildman–Crippen LogP) is 16.9. The predicted molar refractivity (Wildman–Crippen MR) is 261 cm³/mol. The Labute approximate surface area is 377 Å². The van der Waals surface area contributed by atoms with E-state index < -0.39 is 12.1 Å². The van der Waals surface area contributed by atoms with Gasteiger partial charge in [-0.25, -0.2) is 0 Å². The van der Waals surface area contributed by atoms with Crippen LogP contribution in [0.3, 0.4) is 0 Å². The summed E-state index contributed by atoms with van der Waals surface area (Å²) in [5.41, 5.74) is 0. The highest BCUT2D eigenvalue weighted by Crippen LogP contribution is 2.13. The van der Waals surface area contributed by atoms with Crippen molar-refractivity contribution in [2.75, 3.05) is 13.2 Å². The van der Waals surface area contributed by atoms with E-state index in [0.29, 0.717) is 19.3 Å². The molecule has 61 heavy (non-hydrogen) atoms. The van der Waals surface area contributed by atoms with Gasteiger partial charge in [-0.3, -0.25) is 14.4 Å². The molecule has 0 aliphatic rings. The highest BCUT2D eigenvalue weighted by atomic mass is 16.6. The summed E-state index contributed by atoms with van der Waals surface area (Å²) in [5.74, 6) is -1.06. The highest BCUT2D eigenvalue weighted by molar-refractivity contribution is 5.71. The lowest BCUT2D eigenvalue weighted by Gasteiger charge is -2.18. The molecular weight excluding hydrogens is 757 g/mol. The van der Waals surface area contributed by atoms with Crippen molar-refractivity contribution in [2.24, 2.45) is 0 Å². The molecule has 0 saturated carbocycles. The Bertz CT molecular complexity index is 1120. The molecule has 0 heterocycles. The van der Waals surface area contributed by atoms with E-state index >= 15 is 0 Å². The first-order chi connectivity index (χ1) is 30.0. The van der Waals surface area contributed by atoms with Gasteiger partial charge in [-0.05, 0) is 83.5 Å². The summed E-state index contributed by atoms with van der Waals surface area (Å²) in [5, 5.41) is 0. The van der Waals surface area contributed by atoms with E-state index in [1.807, 2.05) is 12.2 Å². The lowest BCUT2D eigenvalue weighted by Crippen LogP contribution is -2.30. The smallest absolute Gasteiger partial charge is 0.306 e. The summed E-state index contributed by atoms with van der Waals surface area (Å²) in [6.45, 7) is 6.51. The second-order valence-electron chi connectivity index (χ2n) is 17.1. The summed E-state index contributed by atoms with van der Waals surface area (Å²) in [6.07, 6.45) is 60.9. The highest BCUT2D eigenvalue weighted by Gasteiger charge is 2.19. The molecule has 1 unspecified atom stereocenters. The van der Waals surface area contributed by atoms with Crippen molar-refractivity contribution in [3.05, 3.63) is 60.8 Å². The number of carbonyl (C=O) groups excluding carboxylic acids is 3. The van der Waals surface area contributed by atoms with Gasteiger partial charge >= 0.3 is 17.9 Å². The van der Waals surface area contributed by atoms with Crippen molar-refractivity contribution in [3.8, 4) is 0 Å². The maximum Gasteiger partial charge on any atom is 0.306 e. The topological polar surface area (TPSA) is 78.9 Å². The van der Waals surface area contributed by atoms with Crippen molar-refractivity contribution < 1.29 is 28.6 Å². The molecular formula is C55H96O6.